The Kier molecular flexibility index (Phi) is 3.09. The first-order chi connectivity index (χ1) is 6.72. The van der Waals surface area contributed by atoms with Crippen LogP contribution in [0.5, 0.6) is 0 Å². The summed E-state index contributed by atoms with van der Waals surface area (Å²) in [5.41, 5.74) is 0. The first-order valence-electron chi connectivity index (χ1n) is 4.00. The minimum Gasteiger partial charge on any atom is -0.592 e. The van der Waals surface area contributed by atoms with Gasteiger partial charge < -0.3 is 4.55 Å². The predicted molar refractivity (Wildman–Crippen MR) is 60.6 cm³/mol. The van der Waals surface area contributed by atoms with Gasteiger partial charge in [0.1, 0.15) is 0 Å². The summed E-state index contributed by atoms with van der Waals surface area (Å²) in [5, 5.41) is 0.623. The molecule has 1 aromatic rings. The van der Waals surface area contributed by atoms with Crippen molar-refractivity contribution in [1.82, 2.24) is 3.71 Å². The van der Waals surface area contributed by atoms with Crippen molar-refractivity contribution in [3.8, 4) is 0 Å². The predicted octanol–water partition coefficient (Wildman–Crippen LogP) is 2.87. The fourth-order valence-electron chi connectivity index (χ4n) is 1.16. The van der Waals surface area contributed by atoms with E-state index in [9.17, 15) is 4.55 Å². The molecule has 0 bridgehead atoms. The van der Waals surface area contributed by atoms with Crippen LogP contribution in [0, 0.1) is 0 Å². The van der Waals surface area contributed by atoms with Gasteiger partial charge in [-0.05, 0) is 12.1 Å². The van der Waals surface area contributed by atoms with Crippen LogP contribution in [0.3, 0.4) is 0 Å². The lowest BCUT2D eigenvalue weighted by Crippen LogP contribution is -2.19. The molecule has 0 radical (unpaired) electrons. The highest BCUT2D eigenvalue weighted by molar-refractivity contribution is 8.11. The quantitative estimate of drug-likeness (QED) is 0.455. The van der Waals surface area contributed by atoms with E-state index in [1.54, 1.807) is 15.9 Å². The molecule has 1 aromatic carbocycles. The molecule has 0 N–H and O–H groups in total. The monoisotopic (exact) mass is 245 g/mol. The largest absolute Gasteiger partial charge is 0.592 e. The van der Waals surface area contributed by atoms with Gasteiger partial charge in [0.05, 0.1) is 22.8 Å². The summed E-state index contributed by atoms with van der Waals surface area (Å²) < 4.78 is 13.6. The Morgan fingerprint density at radius 2 is 2.43 bits per heavy atom. The van der Waals surface area contributed by atoms with Crippen LogP contribution in [-0.4, -0.2) is 14.8 Å². The number of hydrogen-bond acceptors (Lipinski definition) is 3. The molecule has 0 amide bonds. The van der Waals surface area contributed by atoms with Gasteiger partial charge in [0, 0.05) is 23.0 Å². The summed E-state index contributed by atoms with van der Waals surface area (Å²) in [6, 6.07) is 5.45. The molecule has 74 valence electrons. The van der Waals surface area contributed by atoms with Crippen molar-refractivity contribution < 1.29 is 4.55 Å². The van der Waals surface area contributed by atoms with Crippen molar-refractivity contribution in [2.24, 2.45) is 0 Å². The summed E-state index contributed by atoms with van der Waals surface area (Å²) in [5.74, 6) is 0. The molecule has 2 rings (SSSR count). The van der Waals surface area contributed by atoms with Crippen LogP contribution in [0.2, 0.25) is 5.02 Å². The maximum Gasteiger partial charge on any atom is 0.191 e. The maximum absolute atomic E-state index is 11.8. The Labute approximate surface area is 95.4 Å². The zero-order chi connectivity index (χ0) is 10.1. The van der Waals surface area contributed by atoms with E-state index < -0.39 is 11.4 Å². The molecule has 2 nitrogen and oxygen atoms in total. The van der Waals surface area contributed by atoms with E-state index in [1.165, 1.54) is 11.9 Å². The molecule has 1 aliphatic rings. The third-order valence-corrected chi connectivity index (χ3v) is 4.89. The van der Waals surface area contributed by atoms with E-state index in [-0.39, 0.29) is 0 Å². The van der Waals surface area contributed by atoms with Crippen LogP contribution in [0.4, 0.5) is 0 Å². The molecule has 1 unspecified atom stereocenters. The summed E-state index contributed by atoms with van der Waals surface area (Å²) in [6.07, 6.45) is 1.73. The SMILES string of the molecule is C=CCN1Sc2ccc(Cl)cc2[S+]1[O-]. The Morgan fingerprint density at radius 1 is 1.64 bits per heavy atom. The third-order valence-electron chi connectivity index (χ3n) is 1.76. The van der Waals surface area contributed by atoms with Gasteiger partial charge >= 0.3 is 0 Å². The molecule has 0 saturated heterocycles. The maximum atomic E-state index is 11.8. The normalized spacial score (nSPS) is 20.9. The average Bonchev–Trinajstić information content (AvgIpc) is 2.46. The second-order valence-corrected chi connectivity index (χ2v) is 5.85. The molecule has 5 heteroatoms. The van der Waals surface area contributed by atoms with Crippen molar-refractivity contribution in [2.75, 3.05) is 6.54 Å². The van der Waals surface area contributed by atoms with Crippen molar-refractivity contribution in [3.05, 3.63) is 35.9 Å². The van der Waals surface area contributed by atoms with Crippen LogP contribution in [0.15, 0.2) is 40.6 Å². The van der Waals surface area contributed by atoms with E-state index in [0.29, 0.717) is 11.6 Å². The van der Waals surface area contributed by atoms with Crippen LogP contribution in [0.25, 0.3) is 0 Å². The number of benzene rings is 1. The molecule has 14 heavy (non-hydrogen) atoms. The second kappa shape index (κ2) is 4.16. The van der Waals surface area contributed by atoms with E-state index in [1.807, 2.05) is 12.1 Å². The average molecular weight is 246 g/mol. The molecule has 0 fully saturated rings. The number of rotatable bonds is 2. The van der Waals surface area contributed by atoms with Gasteiger partial charge in [-0.1, -0.05) is 21.4 Å². The Balaban J connectivity index is 2.31. The van der Waals surface area contributed by atoms with E-state index in [4.69, 9.17) is 11.6 Å². The van der Waals surface area contributed by atoms with Crippen molar-refractivity contribution >= 4 is 34.9 Å². The summed E-state index contributed by atoms with van der Waals surface area (Å²) in [4.78, 5) is 1.80. The zero-order valence-electron chi connectivity index (χ0n) is 7.27. The topological polar surface area (TPSA) is 26.3 Å². The van der Waals surface area contributed by atoms with E-state index in [2.05, 4.69) is 6.58 Å². The van der Waals surface area contributed by atoms with Crippen LogP contribution in [0.1, 0.15) is 0 Å². The lowest BCUT2D eigenvalue weighted by Gasteiger charge is -2.11. The number of fused-ring (bicyclic) bond motifs is 1. The van der Waals surface area contributed by atoms with Crippen molar-refractivity contribution in [1.29, 1.82) is 0 Å². The van der Waals surface area contributed by atoms with Crippen molar-refractivity contribution in [2.45, 2.75) is 9.79 Å². The minimum atomic E-state index is -1.11. The van der Waals surface area contributed by atoms with Crippen LogP contribution >= 0.6 is 23.5 Å². The molecule has 1 aliphatic heterocycles. The van der Waals surface area contributed by atoms with Gasteiger partial charge in [0.2, 0.25) is 0 Å². The molecule has 0 aromatic heterocycles. The lowest BCUT2D eigenvalue weighted by molar-refractivity contribution is 0.558. The first-order valence-corrected chi connectivity index (χ1v) is 6.26. The number of halogens is 1. The number of nitrogens with zero attached hydrogens (tertiary/aromatic N) is 1. The Hall–Kier alpha value is -0.130. The van der Waals surface area contributed by atoms with Gasteiger partial charge in [-0.3, -0.25) is 0 Å². The fourth-order valence-corrected chi connectivity index (χ4v) is 4.08. The number of hydrogen-bond donors (Lipinski definition) is 0. The smallest absolute Gasteiger partial charge is 0.191 e. The molecule has 0 saturated carbocycles. The van der Waals surface area contributed by atoms with Gasteiger partial charge in [-0.2, -0.15) is 0 Å². The Morgan fingerprint density at radius 3 is 3.14 bits per heavy atom. The highest BCUT2D eigenvalue weighted by Gasteiger charge is 2.34. The molecular formula is C9H8ClNOS2. The van der Waals surface area contributed by atoms with Crippen molar-refractivity contribution in [3.63, 3.8) is 0 Å². The van der Waals surface area contributed by atoms with Gasteiger partial charge in [-0.25, -0.2) is 0 Å². The lowest BCUT2D eigenvalue weighted by atomic mass is 10.4. The molecule has 1 atom stereocenters. The highest BCUT2D eigenvalue weighted by Crippen LogP contribution is 2.42. The summed E-state index contributed by atoms with van der Waals surface area (Å²) >= 11 is 6.21. The van der Waals surface area contributed by atoms with Gasteiger partial charge in [-0.15, -0.1) is 6.58 Å². The summed E-state index contributed by atoms with van der Waals surface area (Å²) in [7, 11) is 0. The van der Waals surface area contributed by atoms with Gasteiger partial charge in [0.25, 0.3) is 0 Å². The van der Waals surface area contributed by atoms with Gasteiger partial charge in [0.15, 0.2) is 4.90 Å². The Bertz CT molecular complexity index is 372. The third kappa shape index (κ3) is 1.81. The van der Waals surface area contributed by atoms with Crippen LogP contribution in [-0.2, 0) is 11.4 Å². The summed E-state index contributed by atoms with van der Waals surface area (Å²) in [6.45, 7) is 4.22. The second-order valence-electron chi connectivity index (χ2n) is 2.74. The molecular weight excluding hydrogens is 238 g/mol. The highest BCUT2D eigenvalue weighted by atomic mass is 35.5. The molecule has 0 spiro atoms. The minimum absolute atomic E-state index is 0.601. The molecule has 1 heterocycles. The standard InChI is InChI=1S/C9H8ClNOS2/c1-2-5-11-13-8-4-3-7(10)6-9(8)14(11)12/h2-4,6H,1,5H2. The fraction of sp³-hybridized carbons (Fsp3) is 0.111. The van der Waals surface area contributed by atoms with E-state index in [0.717, 1.165) is 9.79 Å². The van der Waals surface area contributed by atoms with Crippen LogP contribution < -0.4 is 0 Å². The first kappa shape index (κ1) is 10.4. The zero-order valence-corrected chi connectivity index (χ0v) is 9.66. The molecule has 0 aliphatic carbocycles. The van der Waals surface area contributed by atoms with E-state index >= 15 is 0 Å².